The summed E-state index contributed by atoms with van der Waals surface area (Å²) >= 11 is 0. The quantitative estimate of drug-likeness (QED) is 0.265. The van der Waals surface area contributed by atoms with Gasteiger partial charge in [-0.05, 0) is 42.5 Å². The Morgan fingerprint density at radius 1 is 0.485 bits per heavy atom. The molecule has 0 unspecified atom stereocenters. The number of pyridine rings is 1. The van der Waals surface area contributed by atoms with Crippen LogP contribution in [0.2, 0.25) is 0 Å². The predicted octanol–water partition coefficient (Wildman–Crippen LogP) is 8.45. The predicted molar refractivity (Wildman–Crippen MR) is 132 cm³/mol. The Bertz CT molecular complexity index is 2020. The Balaban J connectivity index is 1.66. The Morgan fingerprint density at radius 3 is 2.09 bits per heavy atom. The van der Waals surface area contributed by atoms with Crippen molar-refractivity contribution in [3.63, 3.8) is 0 Å². The molecule has 0 atom stereocenters. The number of aromatic nitrogens is 1. The minimum Gasteiger partial charge on any atom is -0.456 e. The molecule has 4 nitrogen and oxygen atoms in total. The smallest absolute Gasteiger partial charge is 0.147 e. The molecule has 0 radical (unpaired) electrons. The van der Waals surface area contributed by atoms with Crippen LogP contribution < -0.4 is 0 Å². The van der Waals surface area contributed by atoms with Crippen molar-refractivity contribution in [1.82, 2.24) is 4.98 Å². The van der Waals surface area contributed by atoms with E-state index in [9.17, 15) is 0 Å². The number of furan rings is 3. The highest BCUT2D eigenvalue weighted by Crippen LogP contribution is 2.46. The first-order valence-electron chi connectivity index (χ1n) is 10.9. The Kier molecular flexibility index (Phi) is 3.11. The molecule has 0 bridgehead atoms. The van der Waals surface area contributed by atoms with E-state index in [1.54, 1.807) is 6.20 Å². The summed E-state index contributed by atoms with van der Waals surface area (Å²) in [4.78, 5) is 4.59. The zero-order valence-corrected chi connectivity index (χ0v) is 17.3. The van der Waals surface area contributed by atoms with Crippen LogP contribution in [0, 0.1) is 0 Å². The van der Waals surface area contributed by atoms with Gasteiger partial charge in [0.2, 0.25) is 0 Å². The fraction of sp³-hybridized carbons (Fsp3) is 0. The van der Waals surface area contributed by atoms with Crippen molar-refractivity contribution < 1.29 is 13.3 Å². The van der Waals surface area contributed by atoms with Crippen molar-refractivity contribution in [2.75, 3.05) is 0 Å². The molecule has 0 aliphatic heterocycles. The molecule has 0 saturated heterocycles. The number of nitrogens with zero attached hydrogens (tertiary/aromatic N) is 1. The van der Waals surface area contributed by atoms with E-state index in [0.29, 0.717) is 0 Å². The molecule has 4 aromatic heterocycles. The average Bonchev–Trinajstić information content (AvgIpc) is 3.54. The van der Waals surface area contributed by atoms with Crippen LogP contribution in [-0.2, 0) is 0 Å². The van der Waals surface area contributed by atoms with Gasteiger partial charge in [-0.15, -0.1) is 0 Å². The third kappa shape index (κ3) is 2.17. The summed E-state index contributed by atoms with van der Waals surface area (Å²) in [6.45, 7) is 0. The molecular weight excluding hydrogens is 410 g/mol. The van der Waals surface area contributed by atoms with Crippen molar-refractivity contribution >= 4 is 65.8 Å². The molecule has 33 heavy (non-hydrogen) atoms. The van der Waals surface area contributed by atoms with E-state index in [2.05, 4.69) is 23.2 Å². The third-order valence-electron chi connectivity index (χ3n) is 6.53. The molecule has 0 amide bonds. The number of hydrogen-bond acceptors (Lipinski definition) is 4. The van der Waals surface area contributed by atoms with E-state index in [1.165, 1.54) is 0 Å². The van der Waals surface area contributed by atoms with Gasteiger partial charge >= 0.3 is 0 Å². The first-order chi connectivity index (χ1) is 16.4. The first-order valence-corrected chi connectivity index (χ1v) is 10.9. The van der Waals surface area contributed by atoms with Crippen molar-refractivity contribution in [2.45, 2.75) is 0 Å². The highest BCUT2D eigenvalue weighted by molar-refractivity contribution is 6.32. The summed E-state index contributed by atoms with van der Waals surface area (Å²) in [5.74, 6) is 0. The summed E-state index contributed by atoms with van der Waals surface area (Å²) in [6, 6.07) is 28.3. The van der Waals surface area contributed by atoms with Crippen molar-refractivity contribution in [1.29, 1.82) is 0 Å². The number of para-hydroxylation sites is 2. The SMILES string of the molecule is c1ccc(-c2cc3oc4ccc5c6ccccc6oc5c4c3c3c2oc2ccccc23)nc1. The molecule has 4 aromatic carbocycles. The molecule has 0 fully saturated rings. The second-order valence-corrected chi connectivity index (χ2v) is 8.33. The van der Waals surface area contributed by atoms with Crippen LogP contribution in [0.15, 0.2) is 104 Å². The lowest BCUT2D eigenvalue weighted by molar-refractivity contribution is 0.660. The number of fused-ring (bicyclic) bond motifs is 11. The van der Waals surface area contributed by atoms with E-state index in [4.69, 9.17) is 13.3 Å². The van der Waals surface area contributed by atoms with Gasteiger partial charge in [-0.1, -0.05) is 42.5 Å². The van der Waals surface area contributed by atoms with Gasteiger partial charge in [0, 0.05) is 38.7 Å². The standard InChI is InChI=1S/C29H15NO3/c1-3-10-21-16(7-1)17-12-13-23-27(28(17)32-21)26-24(31-23)15-19(20-9-5-6-14-30-20)29-25(26)18-8-2-4-11-22(18)33-29/h1-15H. The monoisotopic (exact) mass is 425 g/mol. The molecule has 4 heterocycles. The molecule has 154 valence electrons. The van der Waals surface area contributed by atoms with Crippen LogP contribution in [0.25, 0.3) is 77.1 Å². The number of rotatable bonds is 1. The average molecular weight is 425 g/mol. The Morgan fingerprint density at radius 2 is 1.24 bits per heavy atom. The molecule has 8 rings (SSSR count). The molecule has 0 saturated carbocycles. The maximum absolute atomic E-state index is 6.42. The summed E-state index contributed by atoms with van der Waals surface area (Å²) in [5, 5.41) is 6.23. The summed E-state index contributed by atoms with van der Waals surface area (Å²) in [5.41, 5.74) is 6.69. The lowest BCUT2D eigenvalue weighted by Gasteiger charge is -2.03. The van der Waals surface area contributed by atoms with E-state index < -0.39 is 0 Å². The van der Waals surface area contributed by atoms with Gasteiger partial charge in [0.1, 0.15) is 33.5 Å². The van der Waals surface area contributed by atoms with Crippen LogP contribution in [0.1, 0.15) is 0 Å². The fourth-order valence-corrected chi connectivity index (χ4v) is 5.13. The number of benzene rings is 4. The van der Waals surface area contributed by atoms with Crippen molar-refractivity contribution in [3.8, 4) is 11.3 Å². The second-order valence-electron chi connectivity index (χ2n) is 8.33. The van der Waals surface area contributed by atoms with Gasteiger partial charge in [0.25, 0.3) is 0 Å². The largest absolute Gasteiger partial charge is 0.456 e. The minimum absolute atomic E-state index is 0.790. The lowest BCUT2D eigenvalue weighted by atomic mass is 9.99. The molecule has 0 N–H and O–H groups in total. The zero-order valence-electron chi connectivity index (χ0n) is 17.3. The summed E-state index contributed by atoms with van der Waals surface area (Å²) in [6.07, 6.45) is 1.80. The zero-order chi connectivity index (χ0) is 21.5. The third-order valence-corrected chi connectivity index (χ3v) is 6.53. The van der Waals surface area contributed by atoms with Crippen molar-refractivity contribution in [3.05, 3.63) is 91.1 Å². The fourth-order valence-electron chi connectivity index (χ4n) is 5.13. The van der Waals surface area contributed by atoms with Gasteiger partial charge in [-0.3, -0.25) is 4.98 Å². The highest BCUT2D eigenvalue weighted by atomic mass is 16.3. The van der Waals surface area contributed by atoms with E-state index in [1.807, 2.05) is 66.7 Å². The molecular formula is C29H15NO3. The van der Waals surface area contributed by atoms with Crippen molar-refractivity contribution in [2.24, 2.45) is 0 Å². The van der Waals surface area contributed by atoms with E-state index in [-0.39, 0.29) is 0 Å². The topological polar surface area (TPSA) is 52.3 Å². The lowest BCUT2D eigenvalue weighted by Crippen LogP contribution is -1.83. The molecule has 0 aliphatic rings. The number of hydrogen-bond donors (Lipinski definition) is 0. The van der Waals surface area contributed by atoms with Gasteiger partial charge in [-0.2, -0.15) is 0 Å². The maximum atomic E-state index is 6.42. The van der Waals surface area contributed by atoms with Gasteiger partial charge in [0.15, 0.2) is 0 Å². The molecule has 8 aromatic rings. The van der Waals surface area contributed by atoms with Gasteiger partial charge < -0.3 is 13.3 Å². The molecule has 0 spiro atoms. The maximum Gasteiger partial charge on any atom is 0.147 e. The highest BCUT2D eigenvalue weighted by Gasteiger charge is 2.23. The second kappa shape index (κ2) is 6.02. The van der Waals surface area contributed by atoms with Crippen LogP contribution in [0.4, 0.5) is 0 Å². The Labute approximate surface area is 186 Å². The minimum atomic E-state index is 0.790. The summed E-state index contributed by atoms with van der Waals surface area (Å²) < 4.78 is 19.2. The van der Waals surface area contributed by atoms with E-state index in [0.717, 1.165) is 77.1 Å². The molecule has 0 aliphatic carbocycles. The van der Waals surface area contributed by atoms with Gasteiger partial charge in [0.05, 0.1) is 11.1 Å². The first kappa shape index (κ1) is 17.0. The van der Waals surface area contributed by atoms with Crippen LogP contribution in [0.3, 0.4) is 0 Å². The molecule has 4 heteroatoms. The van der Waals surface area contributed by atoms with Crippen LogP contribution >= 0.6 is 0 Å². The normalized spacial score (nSPS) is 12.2. The van der Waals surface area contributed by atoms with Crippen LogP contribution in [0.5, 0.6) is 0 Å². The summed E-state index contributed by atoms with van der Waals surface area (Å²) in [7, 11) is 0. The van der Waals surface area contributed by atoms with Crippen LogP contribution in [-0.4, -0.2) is 4.98 Å². The van der Waals surface area contributed by atoms with E-state index >= 15 is 0 Å². The van der Waals surface area contributed by atoms with Gasteiger partial charge in [-0.25, -0.2) is 0 Å². The Hall–Kier alpha value is -4.57.